The van der Waals surface area contributed by atoms with E-state index in [4.69, 9.17) is 9.72 Å². The van der Waals surface area contributed by atoms with Gasteiger partial charge in [0.2, 0.25) is 5.95 Å². The number of anilines is 2. The molecule has 0 bridgehead atoms. The van der Waals surface area contributed by atoms with Crippen LogP contribution in [0.4, 0.5) is 11.6 Å². The van der Waals surface area contributed by atoms with Crippen molar-refractivity contribution < 1.29 is 4.74 Å². The standard InChI is InChI=1S/C23H33N5O/c1-5-17(3)13-20(8-7-19-10-12-29-16-18(19)6-2)22-9-11-24-23(27-22)26-21-14-25-28(4)15-21/h7-9,11,14-15,17-18H,5-6,10,12-13,16H2,1-4H3,(H,24,26,27)/b19-7+,20-8+/t17-,18?/m0/s1. The normalized spacial score (nSPS) is 20.1. The van der Waals surface area contributed by atoms with Crippen molar-refractivity contribution in [3.8, 4) is 0 Å². The van der Waals surface area contributed by atoms with E-state index in [0.717, 1.165) is 50.3 Å². The highest BCUT2D eigenvalue weighted by Crippen LogP contribution is 2.27. The van der Waals surface area contributed by atoms with Crippen LogP contribution < -0.4 is 5.32 Å². The molecule has 0 radical (unpaired) electrons. The zero-order valence-corrected chi connectivity index (χ0v) is 18.1. The minimum atomic E-state index is 0.526. The van der Waals surface area contributed by atoms with Gasteiger partial charge < -0.3 is 10.1 Å². The average molecular weight is 396 g/mol. The van der Waals surface area contributed by atoms with Crippen LogP contribution in [0.5, 0.6) is 0 Å². The van der Waals surface area contributed by atoms with Gasteiger partial charge in [-0.25, -0.2) is 9.97 Å². The molecule has 156 valence electrons. The smallest absolute Gasteiger partial charge is 0.227 e. The lowest BCUT2D eigenvalue weighted by molar-refractivity contribution is 0.0832. The lowest BCUT2D eigenvalue weighted by Gasteiger charge is -2.24. The fourth-order valence-electron chi connectivity index (χ4n) is 3.52. The van der Waals surface area contributed by atoms with Gasteiger partial charge in [-0.05, 0) is 36.8 Å². The van der Waals surface area contributed by atoms with Crippen molar-refractivity contribution in [3.05, 3.63) is 48.1 Å². The van der Waals surface area contributed by atoms with E-state index >= 15 is 0 Å². The van der Waals surface area contributed by atoms with Gasteiger partial charge in [0.15, 0.2) is 0 Å². The number of nitrogens with zero attached hydrogens (tertiary/aromatic N) is 4. The van der Waals surface area contributed by atoms with E-state index in [1.807, 2.05) is 25.5 Å². The number of nitrogens with one attached hydrogen (secondary N) is 1. The molecule has 1 unspecified atom stereocenters. The summed E-state index contributed by atoms with van der Waals surface area (Å²) in [7, 11) is 1.89. The molecule has 6 heteroatoms. The highest BCUT2D eigenvalue weighted by Gasteiger charge is 2.17. The van der Waals surface area contributed by atoms with Crippen LogP contribution >= 0.6 is 0 Å². The van der Waals surface area contributed by atoms with E-state index in [2.05, 4.69) is 48.3 Å². The molecule has 29 heavy (non-hydrogen) atoms. The van der Waals surface area contributed by atoms with Crippen LogP contribution in [0.1, 0.15) is 52.1 Å². The molecule has 6 nitrogen and oxygen atoms in total. The third-order valence-corrected chi connectivity index (χ3v) is 5.58. The van der Waals surface area contributed by atoms with Crippen LogP contribution in [0.3, 0.4) is 0 Å². The first kappa shape index (κ1) is 21.2. The maximum atomic E-state index is 5.65. The highest BCUT2D eigenvalue weighted by molar-refractivity contribution is 5.66. The van der Waals surface area contributed by atoms with Crippen LogP contribution in [0, 0.1) is 11.8 Å². The van der Waals surface area contributed by atoms with Crippen LogP contribution in [0.15, 0.2) is 42.4 Å². The number of ether oxygens (including phenoxy) is 1. The molecule has 2 aromatic rings. The number of allylic oxidation sites excluding steroid dienone is 3. The van der Waals surface area contributed by atoms with Crippen molar-refractivity contribution >= 4 is 17.2 Å². The SMILES string of the molecule is CCC1COCC/C1=C\C=C(/C[C@@H](C)CC)c1ccnc(Nc2cnn(C)c2)n1. The monoisotopic (exact) mass is 395 g/mol. The first-order chi connectivity index (χ1) is 14.1. The minimum absolute atomic E-state index is 0.526. The Morgan fingerprint density at radius 1 is 1.41 bits per heavy atom. The number of hydrogen-bond acceptors (Lipinski definition) is 5. The van der Waals surface area contributed by atoms with Crippen molar-refractivity contribution in [2.45, 2.75) is 46.5 Å². The number of aryl methyl sites for hydroxylation is 1. The molecule has 1 aliphatic heterocycles. The molecule has 3 heterocycles. The first-order valence-electron chi connectivity index (χ1n) is 10.7. The second-order valence-corrected chi connectivity index (χ2v) is 7.87. The summed E-state index contributed by atoms with van der Waals surface area (Å²) in [6.45, 7) is 8.42. The van der Waals surface area contributed by atoms with Crippen molar-refractivity contribution in [2.75, 3.05) is 18.5 Å². The quantitative estimate of drug-likeness (QED) is 0.670. The summed E-state index contributed by atoms with van der Waals surface area (Å²) < 4.78 is 7.41. The predicted octanol–water partition coefficient (Wildman–Crippen LogP) is 5.15. The molecule has 3 rings (SSSR count). The second kappa shape index (κ2) is 10.3. The van der Waals surface area contributed by atoms with Crippen LogP contribution in [0.25, 0.3) is 5.57 Å². The third kappa shape index (κ3) is 6.00. The fraction of sp³-hybridized carbons (Fsp3) is 0.522. The molecular weight excluding hydrogens is 362 g/mol. The summed E-state index contributed by atoms with van der Waals surface area (Å²) >= 11 is 0. The van der Waals surface area contributed by atoms with E-state index in [1.165, 1.54) is 11.1 Å². The Kier molecular flexibility index (Phi) is 7.58. The summed E-state index contributed by atoms with van der Waals surface area (Å²) in [4.78, 5) is 9.17. The topological polar surface area (TPSA) is 64.9 Å². The molecule has 0 saturated carbocycles. The predicted molar refractivity (Wildman–Crippen MR) is 118 cm³/mol. The zero-order valence-electron chi connectivity index (χ0n) is 18.1. The van der Waals surface area contributed by atoms with Crippen molar-refractivity contribution in [1.29, 1.82) is 0 Å². The van der Waals surface area contributed by atoms with E-state index in [9.17, 15) is 0 Å². The molecule has 0 spiro atoms. The Morgan fingerprint density at radius 2 is 2.28 bits per heavy atom. The number of hydrogen-bond donors (Lipinski definition) is 1. The van der Waals surface area contributed by atoms with Crippen molar-refractivity contribution in [3.63, 3.8) is 0 Å². The van der Waals surface area contributed by atoms with Gasteiger partial charge in [-0.3, -0.25) is 4.68 Å². The Balaban J connectivity index is 1.87. The maximum Gasteiger partial charge on any atom is 0.227 e. The molecule has 1 N–H and O–H groups in total. The van der Waals surface area contributed by atoms with Gasteiger partial charge in [0.1, 0.15) is 0 Å². The van der Waals surface area contributed by atoms with Gasteiger partial charge in [0.05, 0.1) is 30.8 Å². The molecule has 0 aromatic carbocycles. The number of aromatic nitrogens is 4. The lowest BCUT2D eigenvalue weighted by atomic mass is 9.91. The van der Waals surface area contributed by atoms with E-state index in [1.54, 1.807) is 10.9 Å². The van der Waals surface area contributed by atoms with Crippen molar-refractivity contribution in [2.24, 2.45) is 18.9 Å². The zero-order chi connectivity index (χ0) is 20.6. The van der Waals surface area contributed by atoms with Crippen LogP contribution in [-0.4, -0.2) is 33.0 Å². The Hall–Kier alpha value is -2.47. The Bertz CT molecular complexity index is 854. The lowest BCUT2D eigenvalue weighted by Crippen LogP contribution is -2.19. The maximum absolute atomic E-state index is 5.65. The summed E-state index contributed by atoms with van der Waals surface area (Å²) in [5.41, 5.74) is 4.60. The molecule has 1 saturated heterocycles. The summed E-state index contributed by atoms with van der Waals surface area (Å²) in [5.74, 6) is 1.72. The summed E-state index contributed by atoms with van der Waals surface area (Å²) in [5, 5.41) is 7.43. The van der Waals surface area contributed by atoms with Gasteiger partial charge in [0.25, 0.3) is 0 Å². The Morgan fingerprint density at radius 3 is 3.00 bits per heavy atom. The molecular formula is C23H33N5O. The largest absolute Gasteiger partial charge is 0.380 e. The van der Waals surface area contributed by atoms with Gasteiger partial charge in [0, 0.05) is 25.4 Å². The first-order valence-corrected chi connectivity index (χ1v) is 10.7. The van der Waals surface area contributed by atoms with Crippen molar-refractivity contribution in [1.82, 2.24) is 19.7 Å². The average Bonchev–Trinajstić information content (AvgIpc) is 3.15. The Labute approximate surface area is 174 Å². The van der Waals surface area contributed by atoms with Gasteiger partial charge >= 0.3 is 0 Å². The van der Waals surface area contributed by atoms with Crippen LogP contribution in [0.2, 0.25) is 0 Å². The molecule has 1 fully saturated rings. The molecule has 1 aliphatic rings. The van der Waals surface area contributed by atoms with E-state index in [-0.39, 0.29) is 0 Å². The second-order valence-electron chi connectivity index (χ2n) is 7.87. The van der Waals surface area contributed by atoms with E-state index in [0.29, 0.717) is 17.8 Å². The van der Waals surface area contributed by atoms with E-state index < -0.39 is 0 Å². The molecule has 0 amide bonds. The summed E-state index contributed by atoms with van der Waals surface area (Å²) in [6.07, 6.45) is 14.4. The van der Waals surface area contributed by atoms with Gasteiger partial charge in [-0.15, -0.1) is 0 Å². The molecule has 2 atom stereocenters. The number of rotatable bonds is 8. The fourth-order valence-corrected chi connectivity index (χ4v) is 3.52. The third-order valence-electron chi connectivity index (χ3n) is 5.58. The van der Waals surface area contributed by atoms with Gasteiger partial charge in [-0.2, -0.15) is 5.10 Å². The summed E-state index contributed by atoms with van der Waals surface area (Å²) in [6, 6.07) is 2.00. The highest BCUT2D eigenvalue weighted by atomic mass is 16.5. The minimum Gasteiger partial charge on any atom is -0.380 e. The van der Waals surface area contributed by atoms with Crippen LogP contribution in [-0.2, 0) is 11.8 Å². The molecule has 0 aliphatic carbocycles. The molecule has 2 aromatic heterocycles. The van der Waals surface area contributed by atoms with Gasteiger partial charge in [-0.1, -0.05) is 44.9 Å².